The molecule has 0 radical (unpaired) electrons. The van der Waals surface area contributed by atoms with Gasteiger partial charge in [-0.3, -0.25) is 4.98 Å². The zero-order valence-corrected chi connectivity index (χ0v) is 13.7. The summed E-state index contributed by atoms with van der Waals surface area (Å²) in [6.07, 6.45) is 3.29. The average molecular weight is 325 g/mol. The van der Waals surface area contributed by atoms with Gasteiger partial charge >= 0.3 is 0 Å². The molecule has 0 bridgehead atoms. The van der Waals surface area contributed by atoms with Crippen LogP contribution in [0.3, 0.4) is 0 Å². The Morgan fingerprint density at radius 1 is 1.24 bits per heavy atom. The highest BCUT2D eigenvalue weighted by atomic mass is 35.5. The van der Waals surface area contributed by atoms with E-state index in [1.807, 2.05) is 13.0 Å². The lowest BCUT2D eigenvalue weighted by Crippen LogP contribution is -2.40. The third kappa shape index (κ3) is 3.61. The summed E-state index contributed by atoms with van der Waals surface area (Å²) in [5.74, 6) is 0. The zero-order valence-electron chi connectivity index (χ0n) is 12.1. The fourth-order valence-electron chi connectivity index (χ4n) is 1.93. The number of sulfonamides is 1. The molecule has 2 rings (SSSR count). The maximum Gasteiger partial charge on any atom is 0.241 e. The van der Waals surface area contributed by atoms with Crippen LogP contribution >= 0.6 is 11.6 Å². The Hall–Kier alpha value is -1.43. The smallest absolute Gasteiger partial charge is 0.241 e. The molecule has 1 aromatic heterocycles. The first-order valence-electron chi connectivity index (χ1n) is 6.43. The number of pyridine rings is 1. The van der Waals surface area contributed by atoms with Crippen LogP contribution in [-0.4, -0.2) is 13.4 Å². The van der Waals surface area contributed by atoms with E-state index in [9.17, 15) is 8.42 Å². The molecule has 21 heavy (non-hydrogen) atoms. The van der Waals surface area contributed by atoms with E-state index in [1.54, 1.807) is 44.4 Å². The number of rotatable bonds is 4. The van der Waals surface area contributed by atoms with Crippen LogP contribution in [0.4, 0.5) is 0 Å². The number of hydrogen-bond donors (Lipinski definition) is 1. The fourth-order valence-corrected chi connectivity index (χ4v) is 3.60. The van der Waals surface area contributed by atoms with Gasteiger partial charge in [0.2, 0.25) is 10.0 Å². The summed E-state index contributed by atoms with van der Waals surface area (Å²) < 4.78 is 27.7. The highest BCUT2D eigenvalue weighted by molar-refractivity contribution is 7.89. The first kappa shape index (κ1) is 15.9. The lowest BCUT2D eigenvalue weighted by molar-refractivity contribution is 0.470. The van der Waals surface area contributed by atoms with Crippen molar-refractivity contribution in [1.29, 1.82) is 0 Å². The van der Waals surface area contributed by atoms with Crippen LogP contribution < -0.4 is 4.72 Å². The Kier molecular flexibility index (Phi) is 4.37. The lowest BCUT2D eigenvalue weighted by Gasteiger charge is -2.26. The quantitative estimate of drug-likeness (QED) is 0.939. The number of nitrogens with zero attached hydrogens (tertiary/aromatic N) is 1. The Morgan fingerprint density at radius 3 is 2.52 bits per heavy atom. The van der Waals surface area contributed by atoms with Crippen molar-refractivity contribution in [2.75, 3.05) is 0 Å². The topological polar surface area (TPSA) is 59.1 Å². The third-order valence-electron chi connectivity index (χ3n) is 3.23. The number of halogens is 1. The van der Waals surface area contributed by atoms with Gasteiger partial charge in [-0.05, 0) is 50.1 Å². The van der Waals surface area contributed by atoms with Crippen molar-refractivity contribution in [2.24, 2.45) is 0 Å². The highest BCUT2D eigenvalue weighted by Crippen LogP contribution is 2.24. The molecule has 2 aromatic rings. The standard InChI is InChI=1S/C15H17ClN2O2S/c1-11-6-7-13(9-14(11)16)21(19,20)18-15(2,3)12-5-4-8-17-10-12/h4-10,18H,1-3H3. The molecule has 0 spiro atoms. The van der Waals surface area contributed by atoms with Crippen LogP contribution in [-0.2, 0) is 15.6 Å². The maximum atomic E-state index is 12.5. The van der Waals surface area contributed by atoms with Gasteiger partial charge in [0, 0.05) is 17.4 Å². The Morgan fingerprint density at radius 2 is 1.95 bits per heavy atom. The summed E-state index contributed by atoms with van der Waals surface area (Å²) in [5, 5.41) is 0.428. The van der Waals surface area contributed by atoms with Crippen molar-refractivity contribution >= 4 is 21.6 Å². The fraction of sp³-hybridized carbons (Fsp3) is 0.267. The molecule has 0 amide bonds. The molecule has 0 saturated carbocycles. The van der Waals surface area contributed by atoms with Gasteiger partial charge in [0.05, 0.1) is 10.4 Å². The minimum absolute atomic E-state index is 0.148. The first-order chi connectivity index (χ1) is 9.72. The van der Waals surface area contributed by atoms with Crippen LogP contribution in [0.1, 0.15) is 25.0 Å². The van der Waals surface area contributed by atoms with E-state index in [0.29, 0.717) is 5.02 Å². The van der Waals surface area contributed by atoms with Gasteiger partial charge < -0.3 is 0 Å². The largest absolute Gasteiger partial charge is 0.264 e. The highest BCUT2D eigenvalue weighted by Gasteiger charge is 2.28. The molecule has 6 heteroatoms. The van der Waals surface area contributed by atoms with Crippen molar-refractivity contribution < 1.29 is 8.42 Å². The second-order valence-electron chi connectivity index (χ2n) is 5.38. The van der Waals surface area contributed by atoms with Crippen LogP contribution in [0.15, 0.2) is 47.6 Å². The first-order valence-corrected chi connectivity index (χ1v) is 8.29. The summed E-state index contributed by atoms with van der Waals surface area (Å²) in [6, 6.07) is 8.29. The average Bonchev–Trinajstić information content (AvgIpc) is 2.41. The van der Waals surface area contributed by atoms with E-state index in [-0.39, 0.29) is 4.90 Å². The maximum absolute atomic E-state index is 12.5. The second kappa shape index (κ2) is 5.75. The second-order valence-corrected chi connectivity index (χ2v) is 7.47. The number of hydrogen-bond acceptors (Lipinski definition) is 3. The summed E-state index contributed by atoms with van der Waals surface area (Å²) in [4.78, 5) is 4.17. The number of aromatic nitrogens is 1. The van der Waals surface area contributed by atoms with Gasteiger partial charge in [0.1, 0.15) is 0 Å². The zero-order chi connectivity index (χ0) is 15.7. The summed E-state index contributed by atoms with van der Waals surface area (Å²) in [7, 11) is -3.67. The molecule has 0 aliphatic heterocycles. The Bertz CT molecular complexity index is 744. The number of aryl methyl sites for hydroxylation is 1. The minimum Gasteiger partial charge on any atom is -0.264 e. The summed E-state index contributed by atoms with van der Waals surface area (Å²) in [6.45, 7) is 5.40. The molecule has 0 saturated heterocycles. The van der Waals surface area contributed by atoms with E-state index in [4.69, 9.17) is 11.6 Å². The van der Waals surface area contributed by atoms with Crippen LogP contribution in [0.2, 0.25) is 5.02 Å². The van der Waals surface area contributed by atoms with Crippen molar-refractivity contribution in [2.45, 2.75) is 31.2 Å². The molecule has 1 N–H and O–H groups in total. The SMILES string of the molecule is Cc1ccc(S(=O)(=O)NC(C)(C)c2cccnc2)cc1Cl. The van der Waals surface area contributed by atoms with Gasteiger partial charge in [-0.25, -0.2) is 13.1 Å². The molecule has 0 aliphatic carbocycles. The van der Waals surface area contributed by atoms with Gasteiger partial charge in [0.15, 0.2) is 0 Å². The van der Waals surface area contributed by atoms with Gasteiger partial charge in [-0.2, -0.15) is 0 Å². The Balaban J connectivity index is 2.35. The molecule has 4 nitrogen and oxygen atoms in total. The van der Waals surface area contributed by atoms with Crippen molar-refractivity contribution in [3.8, 4) is 0 Å². The molecule has 0 unspecified atom stereocenters. The monoisotopic (exact) mass is 324 g/mol. The molecular formula is C15H17ClN2O2S. The molecule has 0 atom stereocenters. The molecule has 1 aromatic carbocycles. The van der Waals surface area contributed by atoms with E-state index < -0.39 is 15.6 Å². The normalized spacial score (nSPS) is 12.4. The third-order valence-corrected chi connectivity index (χ3v) is 5.29. The van der Waals surface area contributed by atoms with E-state index in [0.717, 1.165) is 11.1 Å². The van der Waals surface area contributed by atoms with Crippen LogP contribution in [0, 0.1) is 6.92 Å². The lowest BCUT2D eigenvalue weighted by atomic mass is 9.98. The van der Waals surface area contributed by atoms with E-state index >= 15 is 0 Å². The molecular weight excluding hydrogens is 308 g/mol. The number of nitrogens with one attached hydrogen (secondary N) is 1. The Labute approximate surface area is 130 Å². The van der Waals surface area contributed by atoms with Crippen molar-refractivity contribution in [3.05, 3.63) is 58.9 Å². The van der Waals surface area contributed by atoms with Gasteiger partial charge in [0.25, 0.3) is 0 Å². The minimum atomic E-state index is -3.67. The molecule has 0 fully saturated rings. The molecule has 1 heterocycles. The van der Waals surface area contributed by atoms with Gasteiger partial charge in [-0.1, -0.05) is 23.7 Å². The number of benzene rings is 1. The van der Waals surface area contributed by atoms with Crippen molar-refractivity contribution in [1.82, 2.24) is 9.71 Å². The molecule has 0 aliphatic rings. The van der Waals surface area contributed by atoms with Crippen molar-refractivity contribution in [3.63, 3.8) is 0 Å². The van der Waals surface area contributed by atoms with E-state index in [1.165, 1.54) is 6.07 Å². The predicted octanol–water partition coefficient (Wildman–Crippen LogP) is 3.26. The van der Waals surface area contributed by atoms with Crippen LogP contribution in [0.25, 0.3) is 0 Å². The molecule has 112 valence electrons. The van der Waals surface area contributed by atoms with Crippen LogP contribution in [0.5, 0.6) is 0 Å². The summed E-state index contributed by atoms with van der Waals surface area (Å²) in [5.41, 5.74) is 0.846. The van der Waals surface area contributed by atoms with Gasteiger partial charge in [-0.15, -0.1) is 0 Å². The van der Waals surface area contributed by atoms with E-state index in [2.05, 4.69) is 9.71 Å². The summed E-state index contributed by atoms with van der Waals surface area (Å²) >= 11 is 6.01. The predicted molar refractivity (Wildman–Crippen MR) is 83.8 cm³/mol.